The van der Waals surface area contributed by atoms with Gasteiger partial charge in [0.25, 0.3) is 0 Å². The number of pyridine rings is 1. The maximum atomic E-state index is 4.64. The molecule has 0 amide bonds. The molecule has 1 aliphatic rings. The van der Waals surface area contributed by atoms with Crippen molar-refractivity contribution >= 4 is 16.6 Å². The van der Waals surface area contributed by atoms with Crippen LogP contribution in [0.4, 0.5) is 5.69 Å². The molecule has 2 heterocycles. The van der Waals surface area contributed by atoms with E-state index in [9.17, 15) is 0 Å². The Kier molecular flexibility index (Phi) is 3.38. The summed E-state index contributed by atoms with van der Waals surface area (Å²) in [5, 5.41) is 4.73. The van der Waals surface area contributed by atoms with Gasteiger partial charge in [-0.05, 0) is 45.9 Å². The SMILES string of the molecule is CNC1(C)CCN(c2cc(C)nc3ccccc23)CC1. The van der Waals surface area contributed by atoms with Gasteiger partial charge in [-0.1, -0.05) is 18.2 Å². The third-order valence-corrected chi connectivity index (χ3v) is 4.63. The number of benzene rings is 1. The lowest BCUT2D eigenvalue weighted by Crippen LogP contribution is -2.50. The second-order valence-electron chi connectivity index (χ2n) is 6.10. The first-order valence-electron chi connectivity index (χ1n) is 7.42. The van der Waals surface area contributed by atoms with Crippen molar-refractivity contribution in [3.8, 4) is 0 Å². The molecule has 1 N–H and O–H groups in total. The second kappa shape index (κ2) is 5.06. The van der Waals surface area contributed by atoms with E-state index in [4.69, 9.17) is 0 Å². The predicted molar refractivity (Wildman–Crippen MR) is 85.4 cm³/mol. The minimum absolute atomic E-state index is 0.286. The smallest absolute Gasteiger partial charge is 0.0726 e. The van der Waals surface area contributed by atoms with Crippen molar-refractivity contribution < 1.29 is 0 Å². The van der Waals surface area contributed by atoms with Gasteiger partial charge in [0.05, 0.1) is 5.52 Å². The van der Waals surface area contributed by atoms with E-state index in [2.05, 4.69) is 66.4 Å². The maximum Gasteiger partial charge on any atom is 0.0726 e. The number of hydrogen-bond acceptors (Lipinski definition) is 3. The van der Waals surface area contributed by atoms with E-state index >= 15 is 0 Å². The summed E-state index contributed by atoms with van der Waals surface area (Å²) in [6.45, 7) is 6.60. The van der Waals surface area contributed by atoms with Gasteiger partial charge in [-0.2, -0.15) is 0 Å². The summed E-state index contributed by atoms with van der Waals surface area (Å²) in [4.78, 5) is 7.15. The van der Waals surface area contributed by atoms with Crippen LogP contribution in [-0.4, -0.2) is 30.7 Å². The van der Waals surface area contributed by atoms with Crippen LogP contribution < -0.4 is 10.2 Å². The van der Waals surface area contributed by atoms with Crippen LogP contribution >= 0.6 is 0 Å². The summed E-state index contributed by atoms with van der Waals surface area (Å²) in [5.41, 5.74) is 3.82. The Hall–Kier alpha value is -1.61. The van der Waals surface area contributed by atoms with Gasteiger partial charge in [0.15, 0.2) is 0 Å². The molecule has 3 rings (SSSR count). The monoisotopic (exact) mass is 269 g/mol. The number of fused-ring (bicyclic) bond motifs is 1. The first kappa shape index (κ1) is 13.4. The van der Waals surface area contributed by atoms with Gasteiger partial charge in [-0.3, -0.25) is 4.98 Å². The lowest BCUT2D eigenvalue weighted by atomic mass is 9.89. The van der Waals surface area contributed by atoms with Crippen molar-refractivity contribution in [1.29, 1.82) is 0 Å². The van der Waals surface area contributed by atoms with Crippen LogP contribution in [0.3, 0.4) is 0 Å². The highest BCUT2D eigenvalue weighted by molar-refractivity contribution is 5.92. The zero-order valence-corrected chi connectivity index (χ0v) is 12.6. The van der Waals surface area contributed by atoms with E-state index in [1.54, 1.807) is 0 Å². The Labute approximate surface area is 121 Å². The molecular weight excluding hydrogens is 246 g/mol. The first-order valence-corrected chi connectivity index (χ1v) is 7.42. The van der Waals surface area contributed by atoms with Crippen molar-refractivity contribution in [1.82, 2.24) is 10.3 Å². The summed E-state index contributed by atoms with van der Waals surface area (Å²) >= 11 is 0. The Morgan fingerprint density at radius 3 is 2.60 bits per heavy atom. The van der Waals surface area contributed by atoms with Crippen LogP contribution in [-0.2, 0) is 0 Å². The average molecular weight is 269 g/mol. The van der Waals surface area contributed by atoms with Gasteiger partial charge < -0.3 is 10.2 Å². The Bertz CT molecular complexity index is 613. The molecule has 20 heavy (non-hydrogen) atoms. The molecule has 0 unspecified atom stereocenters. The third-order valence-electron chi connectivity index (χ3n) is 4.63. The van der Waals surface area contributed by atoms with E-state index < -0.39 is 0 Å². The lowest BCUT2D eigenvalue weighted by molar-refractivity contribution is 0.305. The lowest BCUT2D eigenvalue weighted by Gasteiger charge is -2.40. The molecule has 0 atom stereocenters. The minimum Gasteiger partial charge on any atom is -0.371 e. The number of para-hydroxylation sites is 1. The summed E-state index contributed by atoms with van der Waals surface area (Å²) in [7, 11) is 2.07. The van der Waals surface area contributed by atoms with E-state index in [0.29, 0.717) is 0 Å². The van der Waals surface area contributed by atoms with Crippen molar-refractivity contribution in [3.63, 3.8) is 0 Å². The number of rotatable bonds is 2. The number of aryl methyl sites for hydroxylation is 1. The molecule has 0 bridgehead atoms. The number of piperidine rings is 1. The second-order valence-corrected chi connectivity index (χ2v) is 6.10. The van der Waals surface area contributed by atoms with Crippen molar-refractivity contribution in [2.24, 2.45) is 0 Å². The fourth-order valence-electron chi connectivity index (χ4n) is 3.04. The minimum atomic E-state index is 0.286. The molecule has 0 saturated carbocycles. The molecule has 1 saturated heterocycles. The number of nitrogens with zero attached hydrogens (tertiary/aromatic N) is 2. The topological polar surface area (TPSA) is 28.2 Å². The standard InChI is InChI=1S/C17H23N3/c1-13-12-16(14-6-4-5-7-15(14)19-13)20-10-8-17(2,18-3)9-11-20/h4-7,12,18H,8-11H2,1-3H3. The number of aromatic nitrogens is 1. The van der Waals surface area contributed by atoms with E-state index in [1.807, 2.05) is 0 Å². The highest BCUT2D eigenvalue weighted by Crippen LogP contribution is 2.31. The van der Waals surface area contributed by atoms with Crippen molar-refractivity contribution in [3.05, 3.63) is 36.0 Å². The van der Waals surface area contributed by atoms with Gasteiger partial charge in [0, 0.05) is 35.4 Å². The van der Waals surface area contributed by atoms with Crippen LogP contribution in [0, 0.1) is 6.92 Å². The van der Waals surface area contributed by atoms with Crippen molar-refractivity contribution in [2.45, 2.75) is 32.2 Å². The van der Waals surface area contributed by atoms with E-state index in [0.717, 1.165) is 24.3 Å². The molecule has 1 aromatic heterocycles. The highest BCUT2D eigenvalue weighted by atomic mass is 15.2. The zero-order chi connectivity index (χ0) is 14.2. The summed E-state index contributed by atoms with van der Waals surface area (Å²) in [5.74, 6) is 0. The first-order chi connectivity index (χ1) is 9.61. The molecule has 0 radical (unpaired) electrons. The van der Waals surface area contributed by atoms with E-state index in [-0.39, 0.29) is 5.54 Å². The van der Waals surface area contributed by atoms with Gasteiger partial charge in [0.2, 0.25) is 0 Å². The fraction of sp³-hybridized carbons (Fsp3) is 0.471. The average Bonchev–Trinajstić information content (AvgIpc) is 2.47. The Morgan fingerprint density at radius 1 is 1.20 bits per heavy atom. The van der Waals surface area contributed by atoms with Gasteiger partial charge in [0.1, 0.15) is 0 Å². The molecule has 1 fully saturated rings. The molecule has 106 valence electrons. The maximum absolute atomic E-state index is 4.64. The molecule has 0 aliphatic carbocycles. The number of nitrogens with one attached hydrogen (secondary N) is 1. The predicted octanol–water partition coefficient (Wildman–Crippen LogP) is 3.12. The zero-order valence-electron chi connectivity index (χ0n) is 12.6. The Morgan fingerprint density at radius 2 is 1.90 bits per heavy atom. The van der Waals surface area contributed by atoms with E-state index in [1.165, 1.54) is 23.9 Å². The normalized spacial score (nSPS) is 18.4. The van der Waals surface area contributed by atoms with Gasteiger partial charge in [-0.25, -0.2) is 0 Å². The molecular formula is C17H23N3. The van der Waals surface area contributed by atoms with Crippen LogP contribution in [0.15, 0.2) is 30.3 Å². The Balaban J connectivity index is 1.95. The van der Waals surface area contributed by atoms with Crippen LogP contribution in [0.5, 0.6) is 0 Å². The summed E-state index contributed by atoms with van der Waals surface area (Å²) in [6, 6.07) is 10.7. The summed E-state index contributed by atoms with van der Waals surface area (Å²) in [6.07, 6.45) is 2.36. The number of hydrogen-bond donors (Lipinski definition) is 1. The molecule has 2 aromatic rings. The molecule has 1 aliphatic heterocycles. The largest absolute Gasteiger partial charge is 0.371 e. The fourth-order valence-corrected chi connectivity index (χ4v) is 3.04. The third kappa shape index (κ3) is 2.38. The van der Waals surface area contributed by atoms with Crippen LogP contribution in [0.2, 0.25) is 0 Å². The number of anilines is 1. The van der Waals surface area contributed by atoms with Gasteiger partial charge in [-0.15, -0.1) is 0 Å². The highest BCUT2D eigenvalue weighted by Gasteiger charge is 2.28. The molecule has 1 aromatic carbocycles. The van der Waals surface area contributed by atoms with Crippen LogP contribution in [0.25, 0.3) is 10.9 Å². The molecule has 0 spiro atoms. The quantitative estimate of drug-likeness (QED) is 0.908. The summed E-state index contributed by atoms with van der Waals surface area (Å²) < 4.78 is 0. The van der Waals surface area contributed by atoms with Crippen molar-refractivity contribution in [2.75, 3.05) is 25.0 Å². The molecule has 3 nitrogen and oxygen atoms in total. The van der Waals surface area contributed by atoms with Crippen LogP contribution in [0.1, 0.15) is 25.5 Å². The molecule has 3 heteroatoms. The van der Waals surface area contributed by atoms with Gasteiger partial charge >= 0.3 is 0 Å².